The van der Waals surface area contributed by atoms with Crippen molar-refractivity contribution in [3.63, 3.8) is 0 Å². The molecular weight excluding hydrogens is 472 g/mol. The molecule has 5 nitrogen and oxygen atoms in total. The van der Waals surface area contributed by atoms with E-state index in [1.165, 1.54) is 25.1 Å². The Balaban J connectivity index is 1.69. The molecule has 0 bridgehead atoms. The summed E-state index contributed by atoms with van der Waals surface area (Å²) in [6.45, 7) is 4.28. The number of aryl methyl sites for hydroxylation is 1. The molecule has 2 unspecified atom stereocenters. The molecule has 0 radical (unpaired) electrons. The molecule has 1 N–H and O–H groups in total. The molecular formula is C21H21ClF4N2O3S. The van der Waals surface area contributed by atoms with Crippen LogP contribution < -0.4 is 10.1 Å². The summed E-state index contributed by atoms with van der Waals surface area (Å²) in [6.07, 6.45) is -0.205. The largest absolute Gasteiger partial charge is 0.501 e. The summed E-state index contributed by atoms with van der Waals surface area (Å²) >= 11 is 6.08. The maximum absolute atomic E-state index is 14.6. The second-order valence-electron chi connectivity index (χ2n) is 7.93. The van der Waals surface area contributed by atoms with E-state index in [0.717, 1.165) is 32.2 Å². The molecule has 4 rings (SSSR count). The summed E-state index contributed by atoms with van der Waals surface area (Å²) in [5.74, 6) is -0.233. The van der Waals surface area contributed by atoms with Gasteiger partial charge in [0.05, 0.1) is 10.9 Å². The fraction of sp³-hybridized carbons (Fsp3) is 0.429. The lowest BCUT2D eigenvalue weighted by molar-refractivity contribution is -0.0436. The molecule has 0 spiro atoms. The van der Waals surface area contributed by atoms with Gasteiger partial charge in [0.1, 0.15) is 17.7 Å². The van der Waals surface area contributed by atoms with Crippen molar-refractivity contribution in [3.05, 3.63) is 57.9 Å². The molecule has 0 saturated carbocycles. The van der Waals surface area contributed by atoms with E-state index in [0.29, 0.717) is 17.5 Å². The Bertz CT molecular complexity index is 1130. The lowest BCUT2D eigenvalue weighted by Crippen LogP contribution is -2.50. The summed E-state index contributed by atoms with van der Waals surface area (Å²) < 4.78 is 83.2. The van der Waals surface area contributed by atoms with E-state index in [1.54, 1.807) is 6.07 Å². The van der Waals surface area contributed by atoms with Crippen LogP contribution in [0.15, 0.2) is 35.2 Å². The van der Waals surface area contributed by atoms with E-state index in [1.807, 2.05) is 0 Å². The van der Waals surface area contributed by atoms with Gasteiger partial charge < -0.3 is 10.1 Å². The fourth-order valence-corrected chi connectivity index (χ4v) is 5.55. The Labute approximate surface area is 188 Å². The molecule has 0 aromatic heterocycles. The second kappa shape index (κ2) is 8.48. The van der Waals surface area contributed by atoms with Gasteiger partial charge >= 0.3 is 5.51 Å². The molecule has 11 heteroatoms. The highest BCUT2D eigenvalue weighted by Crippen LogP contribution is 2.41. The summed E-state index contributed by atoms with van der Waals surface area (Å²) in [5.41, 5.74) is -4.40. The minimum atomic E-state index is -5.48. The number of rotatable bonds is 4. The molecule has 32 heavy (non-hydrogen) atoms. The van der Waals surface area contributed by atoms with Crippen molar-refractivity contribution in [2.45, 2.75) is 35.9 Å². The first kappa shape index (κ1) is 23.3. The lowest BCUT2D eigenvalue weighted by atomic mass is 10.1. The SMILES string of the molecule is Cc1cc(OC2c3cc(Cl)cc(F)c3CC2N2CCNCC2)ccc1S(=O)(=O)C(F)(F)F. The van der Waals surface area contributed by atoms with Crippen LogP contribution in [0.25, 0.3) is 0 Å². The van der Waals surface area contributed by atoms with Gasteiger partial charge in [-0.15, -0.1) is 0 Å². The Morgan fingerprint density at radius 3 is 2.47 bits per heavy atom. The van der Waals surface area contributed by atoms with Crippen LogP contribution in [0.5, 0.6) is 5.75 Å². The first-order chi connectivity index (χ1) is 15.0. The number of sulfone groups is 1. The predicted octanol–water partition coefficient (Wildman–Crippen LogP) is 4.03. The van der Waals surface area contributed by atoms with E-state index >= 15 is 0 Å². The van der Waals surface area contributed by atoms with Gasteiger partial charge in [0, 0.05) is 36.8 Å². The fourth-order valence-electron chi connectivity index (χ4n) is 4.36. The number of nitrogens with zero attached hydrogens (tertiary/aromatic N) is 1. The lowest BCUT2D eigenvalue weighted by Gasteiger charge is -2.36. The van der Waals surface area contributed by atoms with Crippen LogP contribution in [0, 0.1) is 12.7 Å². The van der Waals surface area contributed by atoms with Crippen molar-refractivity contribution < 1.29 is 30.7 Å². The minimum Gasteiger partial charge on any atom is -0.484 e. The number of benzene rings is 2. The Morgan fingerprint density at radius 2 is 1.84 bits per heavy atom. The standard InChI is InChI=1S/C21H21ClF4N2O3S/c1-12-8-14(2-3-19(12)32(29,30)21(24,25)26)31-20-16-9-13(22)10-17(23)15(16)11-18(20)28-6-4-27-5-7-28/h2-3,8-10,18,20,27H,4-7,11H2,1H3. The average molecular weight is 493 g/mol. The summed E-state index contributed by atoms with van der Waals surface area (Å²) in [4.78, 5) is 1.36. The zero-order valence-electron chi connectivity index (χ0n) is 17.0. The third-order valence-corrected chi connectivity index (χ3v) is 7.75. The highest BCUT2D eigenvalue weighted by molar-refractivity contribution is 7.92. The van der Waals surface area contributed by atoms with Gasteiger partial charge in [0.15, 0.2) is 0 Å². The van der Waals surface area contributed by atoms with Crippen molar-refractivity contribution in [1.29, 1.82) is 0 Å². The van der Waals surface area contributed by atoms with Crippen LogP contribution >= 0.6 is 11.6 Å². The molecule has 2 aromatic carbocycles. The molecule has 0 amide bonds. The predicted molar refractivity (Wildman–Crippen MR) is 111 cm³/mol. The highest BCUT2D eigenvalue weighted by Gasteiger charge is 2.47. The summed E-state index contributed by atoms with van der Waals surface area (Å²) in [5, 5.41) is 3.48. The smallest absolute Gasteiger partial charge is 0.484 e. The van der Waals surface area contributed by atoms with Crippen LogP contribution in [-0.2, 0) is 16.3 Å². The number of hydrogen-bond acceptors (Lipinski definition) is 5. The molecule has 1 aliphatic carbocycles. The topological polar surface area (TPSA) is 58.6 Å². The van der Waals surface area contributed by atoms with Gasteiger partial charge in [0.25, 0.3) is 9.84 Å². The van der Waals surface area contributed by atoms with Gasteiger partial charge in [-0.1, -0.05) is 11.6 Å². The monoisotopic (exact) mass is 492 g/mol. The Kier molecular flexibility index (Phi) is 6.17. The quantitative estimate of drug-likeness (QED) is 0.653. The molecule has 1 saturated heterocycles. The third kappa shape index (κ3) is 4.21. The van der Waals surface area contributed by atoms with Crippen LogP contribution in [0.2, 0.25) is 5.02 Å². The number of nitrogens with one attached hydrogen (secondary N) is 1. The van der Waals surface area contributed by atoms with Gasteiger partial charge in [-0.3, -0.25) is 4.90 Å². The van der Waals surface area contributed by atoms with E-state index in [4.69, 9.17) is 16.3 Å². The van der Waals surface area contributed by atoms with Gasteiger partial charge in [-0.05, 0) is 54.8 Å². The van der Waals surface area contributed by atoms with Crippen molar-refractivity contribution >= 4 is 21.4 Å². The number of ether oxygens (including phenoxy) is 1. The van der Waals surface area contributed by atoms with Crippen molar-refractivity contribution in [2.75, 3.05) is 26.2 Å². The molecule has 2 aliphatic rings. The number of fused-ring (bicyclic) bond motifs is 1. The average Bonchev–Trinajstić information content (AvgIpc) is 3.06. The molecule has 1 aliphatic heterocycles. The highest BCUT2D eigenvalue weighted by atomic mass is 35.5. The molecule has 1 heterocycles. The number of hydrogen-bond donors (Lipinski definition) is 1. The third-order valence-electron chi connectivity index (χ3n) is 5.89. The minimum absolute atomic E-state index is 0.0888. The van der Waals surface area contributed by atoms with Crippen LogP contribution in [-0.4, -0.2) is 51.0 Å². The van der Waals surface area contributed by atoms with E-state index in [2.05, 4.69) is 10.2 Å². The molecule has 174 valence electrons. The van der Waals surface area contributed by atoms with Crippen LogP contribution in [0.3, 0.4) is 0 Å². The maximum atomic E-state index is 14.6. The van der Waals surface area contributed by atoms with Crippen LogP contribution in [0.4, 0.5) is 17.6 Å². The maximum Gasteiger partial charge on any atom is 0.501 e. The normalized spacial score (nSPS) is 22.1. The number of halogens is 5. The summed E-state index contributed by atoms with van der Waals surface area (Å²) in [7, 11) is -5.48. The number of piperazine rings is 1. The first-order valence-electron chi connectivity index (χ1n) is 10.0. The van der Waals surface area contributed by atoms with Gasteiger partial charge in [0.2, 0.25) is 0 Å². The van der Waals surface area contributed by atoms with Gasteiger partial charge in [-0.25, -0.2) is 12.8 Å². The van der Waals surface area contributed by atoms with E-state index < -0.39 is 32.2 Å². The number of alkyl halides is 3. The molecule has 2 aromatic rings. The van der Waals surface area contributed by atoms with Gasteiger partial charge in [-0.2, -0.15) is 13.2 Å². The Hall–Kier alpha value is -1.88. The molecule has 1 fully saturated rings. The Morgan fingerprint density at radius 1 is 1.16 bits per heavy atom. The van der Waals surface area contributed by atoms with E-state index in [9.17, 15) is 26.0 Å². The van der Waals surface area contributed by atoms with Crippen molar-refractivity contribution in [1.82, 2.24) is 10.2 Å². The first-order valence-corrected chi connectivity index (χ1v) is 11.9. The van der Waals surface area contributed by atoms with Crippen molar-refractivity contribution in [2.24, 2.45) is 0 Å². The molecule has 2 atom stereocenters. The zero-order valence-corrected chi connectivity index (χ0v) is 18.6. The van der Waals surface area contributed by atoms with E-state index in [-0.39, 0.29) is 22.4 Å². The second-order valence-corrected chi connectivity index (χ2v) is 10.3. The van der Waals surface area contributed by atoms with Crippen molar-refractivity contribution in [3.8, 4) is 5.75 Å². The summed E-state index contributed by atoms with van der Waals surface area (Å²) in [6, 6.07) is 6.03. The van der Waals surface area contributed by atoms with Crippen LogP contribution in [0.1, 0.15) is 22.8 Å². The zero-order chi connectivity index (χ0) is 23.3.